The van der Waals surface area contributed by atoms with Gasteiger partial charge >= 0.3 is 0 Å². The van der Waals surface area contributed by atoms with Crippen molar-refractivity contribution >= 4 is 71.5 Å². The zero-order chi connectivity index (χ0) is 21.8. The third kappa shape index (κ3) is 3.92. The Labute approximate surface area is 192 Å². The number of pyridine rings is 1. The topological polar surface area (TPSA) is 95.2 Å². The Kier molecular flexibility index (Phi) is 5.18. The average molecular weight is 495 g/mol. The first kappa shape index (κ1) is 20.7. The lowest BCUT2D eigenvalue weighted by molar-refractivity contribution is -0.129. The molecule has 7 nitrogen and oxygen atoms in total. The first-order valence-corrected chi connectivity index (χ1v) is 12.5. The number of aromatic nitrogens is 2. The molecule has 0 radical (unpaired) electrons. The van der Waals surface area contributed by atoms with Gasteiger partial charge < -0.3 is 9.88 Å². The third-order valence-electron chi connectivity index (χ3n) is 5.24. The van der Waals surface area contributed by atoms with Crippen molar-refractivity contribution in [2.45, 2.75) is 23.2 Å². The Hall–Kier alpha value is -2.17. The van der Waals surface area contributed by atoms with Crippen LogP contribution in [-0.2, 0) is 21.4 Å². The average Bonchev–Trinajstić information content (AvgIpc) is 3.41. The molecule has 4 aromatic rings. The van der Waals surface area contributed by atoms with Gasteiger partial charge in [-0.2, -0.15) is 4.72 Å². The van der Waals surface area contributed by atoms with Crippen LogP contribution < -0.4 is 4.72 Å². The van der Waals surface area contributed by atoms with E-state index >= 15 is 0 Å². The Morgan fingerprint density at radius 1 is 1.23 bits per heavy atom. The van der Waals surface area contributed by atoms with Crippen LogP contribution in [0.4, 0.5) is 0 Å². The highest BCUT2D eigenvalue weighted by molar-refractivity contribution is 7.91. The summed E-state index contributed by atoms with van der Waals surface area (Å²) in [5, 5.41) is 2.51. The molecule has 11 heteroatoms. The fourth-order valence-corrected chi connectivity index (χ4v) is 6.86. The minimum Gasteiger partial charge on any atom is -0.357 e. The fraction of sp³-hybridized carbons (Fsp3) is 0.200. The number of H-pyrrole nitrogens is 1. The fourth-order valence-electron chi connectivity index (χ4n) is 3.73. The maximum Gasteiger partial charge on any atom is 0.250 e. The summed E-state index contributed by atoms with van der Waals surface area (Å²) in [4.78, 5) is 21.8. The molecule has 1 aromatic carbocycles. The van der Waals surface area contributed by atoms with Gasteiger partial charge in [-0.15, -0.1) is 11.3 Å². The first-order chi connectivity index (χ1) is 14.8. The number of halogens is 2. The molecule has 31 heavy (non-hydrogen) atoms. The second-order valence-corrected chi connectivity index (χ2v) is 11.1. The Morgan fingerprint density at radius 2 is 2.06 bits per heavy atom. The zero-order valence-electron chi connectivity index (χ0n) is 15.9. The van der Waals surface area contributed by atoms with E-state index in [1.165, 1.54) is 0 Å². The predicted molar refractivity (Wildman–Crippen MR) is 122 cm³/mol. The quantitative estimate of drug-likeness (QED) is 0.407. The molecule has 3 aromatic heterocycles. The van der Waals surface area contributed by atoms with E-state index in [1.54, 1.807) is 35.4 Å². The van der Waals surface area contributed by atoms with Crippen molar-refractivity contribution in [3.05, 3.63) is 58.5 Å². The molecule has 1 fully saturated rings. The smallest absolute Gasteiger partial charge is 0.250 e. The van der Waals surface area contributed by atoms with Gasteiger partial charge in [0.25, 0.3) is 10.0 Å². The van der Waals surface area contributed by atoms with Crippen LogP contribution in [0.25, 0.3) is 21.0 Å². The van der Waals surface area contributed by atoms with Gasteiger partial charge in [0.2, 0.25) is 5.91 Å². The van der Waals surface area contributed by atoms with Gasteiger partial charge in [0.05, 0.1) is 12.1 Å². The molecule has 1 aliphatic heterocycles. The molecule has 0 unspecified atom stereocenters. The molecule has 1 saturated heterocycles. The number of thiophene rings is 1. The van der Waals surface area contributed by atoms with Gasteiger partial charge in [-0.25, -0.2) is 13.4 Å². The van der Waals surface area contributed by atoms with E-state index in [9.17, 15) is 13.2 Å². The number of amides is 1. The van der Waals surface area contributed by atoms with Crippen molar-refractivity contribution in [1.82, 2.24) is 19.6 Å². The third-order valence-corrected chi connectivity index (χ3v) is 8.82. The standard InChI is InChI=1S/C20H16Cl2N4O3S2/c21-12-2-1-11-7-18(30-17(11)8-12)31(28,29)25-16-4-6-26(20(16)27)10-13-9-14-15(24-13)3-5-23-19(14)22/h1-3,5,7-9,16,24-25H,4,6,10H2/t16-/m0/s1. The van der Waals surface area contributed by atoms with Gasteiger partial charge in [-0.3, -0.25) is 4.79 Å². The summed E-state index contributed by atoms with van der Waals surface area (Å²) < 4.78 is 29.3. The molecule has 4 heterocycles. The number of nitrogens with zero attached hydrogens (tertiary/aromatic N) is 2. The maximum absolute atomic E-state index is 12.9. The molecule has 0 bridgehead atoms. The van der Waals surface area contributed by atoms with E-state index in [2.05, 4.69) is 14.7 Å². The van der Waals surface area contributed by atoms with Crippen LogP contribution in [0, 0.1) is 0 Å². The number of fused-ring (bicyclic) bond motifs is 2. The van der Waals surface area contributed by atoms with E-state index in [0.29, 0.717) is 29.7 Å². The van der Waals surface area contributed by atoms with Crippen LogP contribution >= 0.6 is 34.5 Å². The monoisotopic (exact) mass is 494 g/mol. The number of carbonyl (C=O) groups excluding carboxylic acids is 1. The van der Waals surface area contributed by atoms with Gasteiger partial charge in [-0.05, 0) is 42.1 Å². The van der Waals surface area contributed by atoms with Crippen molar-refractivity contribution in [3.8, 4) is 0 Å². The summed E-state index contributed by atoms with van der Waals surface area (Å²) in [6.07, 6.45) is 2.01. The van der Waals surface area contributed by atoms with Crippen LogP contribution in [-0.4, -0.2) is 41.8 Å². The largest absolute Gasteiger partial charge is 0.357 e. The van der Waals surface area contributed by atoms with Crippen molar-refractivity contribution in [2.24, 2.45) is 0 Å². The number of hydrogen-bond acceptors (Lipinski definition) is 5. The van der Waals surface area contributed by atoms with Crippen LogP contribution in [0.5, 0.6) is 0 Å². The van der Waals surface area contributed by atoms with Gasteiger partial charge in [0.15, 0.2) is 0 Å². The number of rotatable bonds is 5. The Balaban J connectivity index is 1.32. The van der Waals surface area contributed by atoms with Crippen molar-refractivity contribution in [3.63, 3.8) is 0 Å². The van der Waals surface area contributed by atoms with Crippen LogP contribution in [0.15, 0.2) is 46.8 Å². The highest BCUT2D eigenvalue weighted by atomic mass is 35.5. The van der Waals surface area contributed by atoms with Gasteiger partial charge in [0, 0.05) is 33.5 Å². The first-order valence-electron chi connectivity index (χ1n) is 9.42. The summed E-state index contributed by atoms with van der Waals surface area (Å²) in [5.41, 5.74) is 1.65. The molecule has 0 saturated carbocycles. The summed E-state index contributed by atoms with van der Waals surface area (Å²) in [5.74, 6) is -0.254. The molecule has 0 spiro atoms. The number of likely N-dealkylation sites (tertiary alicyclic amines) is 1. The molecule has 1 amide bonds. The SMILES string of the molecule is O=C1[C@@H](NS(=O)(=O)c2cc3ccc(Cl)cc3s2)CCN1Cc1cc2c(Cl)nccc2[nH]1. The molecule has 1 atom stereocenters. The minimum atomic E-state index is -3.83. The van der Waals surface area contributed by atoms with Crippen LogP contribution in [0.3, 0.4) is 0 Å². The molecular weight excluding hydrogens is 479 g/mol. The lowest BCUT2D eigenvalue weighted by atomic mass is 10.3. The number of nitrogens with one attached hydrogen (secondary N) is 2. The highest BCUT2D eigenvalue weighted by Crippen LogP contribution is 2.31. The number of aromatic amines is 1. The van der Waals surface area contributed by atoms with Crippen LogP contribution in [0.1, 0.15) is 12.1 Å². The summed E-state index contributed by atoms with van der Waals surface area (Å²) in [6, 6.07) is 9.68. The molecule has 1 aliphatic rings. The Morgan fingerprint density at radius 3 is 2.87 bits per heavy atom. The molecule has 0 aliphatic carbocycles. The summed E-state index contributed by atoms with van der Waals surface area (Å²) >= 11 is 13.2. The summed E-state index contributed by atoms with van der Waals surface area (Å²) in [6.45, 7) is 0.791. The highest BCUT2D eigenvalue weighted by Gasteiger charge is 2.35. The van der Waals surface area contributed by atoms with Crippen LogP contribution in [0.2, 0.25) is 10.2 Å². The molecular formula is C20H16Cl2N4O3S2. The van der Waals surface area contributed by atoms with Crippen molar-refractivity contribution in [1.29, 1.82) is 0 Å². The van der Waals surface area contributed by atoms with Crippen molar-refractivity contribution < 1.29 is 13.2 Å². The predicted octanol–water partition coefficient (Wildman–Crippen LogP) is 4.16. The normalized spacial score (nSPS) is 17.3. The lowest BCUT2D eigenvalue weighted by Gasteiger charge is -2.16. The van der Waals surface area contributed by atoms with E-state index in [0.717, 1.165) is 38.0 Å². The summed E-state index contributed by atoms with van der Waals surface area (Å²) in [7, 11) is -3.83. The molecule has 160 valence electrons. The van der Waals surface area contributed by atoms with E-state index in [-0.39, 0.29) is 10.1 Å². The number of carbonyl (C=O) groups is 1. The Bertz CT molecular complexity index is 1430. The number of sulfonamides is 1. The minimum absolute atomic E-state index is 0.161. The molecule has 2 N–H and O–H groups in total. The van der Waals surface area contributed by atoms with E-state index < -0.39 is 16.1 Å². The second kappa shape index (κ2) is 7.75. The van der Waals surface area contributed by atoms with Gasteiger partial charge in [-0.1, -0.05) is 29.3 Å². The number of hydrogen-bond donors (Lipinski definition) is 2. The number of benzene rings is 1. The van der Waals surface area contributed by atoms with E-state index in [1.807, 2.05) is 12.1 Å². The van der Waals surface area contributed by atoms with Crippen molar-refractivity contribution in [2.75, 3.05) is 6.54 Å². The van der Waals surface area contributed by atoms with Gasteiger partial charge in [0.1, 0.15) is 15.4 Å². The zero-order valence-corrected chi connectivity index (χ0v) is 19.1. The molecule has 5 rings (SSSR count). The maximum atomic E-state index is 12.9. The second-order valence-electron chi connectivity index (χ2n) is 7.33. The van der Waals surface area contributed by atoms with E-state index in [4.69, 9.17) is 23.2 Å². The lowest BCUT2D eigenvalue weighted by Crippen LogP contribution is -2.41.